The minimum absolute atomic E-state index is 0.247. The molecule has 19 heavy (non-hydrogen) atoms. The van der Waals surface area contributed by atoms with Gasteiger partial charge in [-0.2, -0.15) is 0 Å². The number of hydrogen-bond acceptors (Lipinski definition) is 5. The van der Waals surface area contributed by atoms with Crippen LogP contribution in [0.3, 0.4) is 0 Å². The maximum atomic E-state index is 11.2. The van der Waals surface area contributed by atoms with Crippen LogP contribution in [-0.2, 0) is 11.3 Å². The Balaban J connectivity index is 1.99. The Morgan fingerprint density at radius 3 is 2.95 bits per heavy atom. The number of anilines is 1. The van der Waals surface area contributed by atoms with Crippen molar-refractivity contribution >= 4 is 22.4 Å². The molecule has 0 spiro atoms. The van der Waals surface area contributed by atoms with Crippen LogP contribution in [0.5, 0.6) is 0 Å². The molecule has 0 atom stereocenters. The van der Waals surface area contributed by atoms with Crippen molar-refractivity contribution in [1.29, 1.82) is 0 Å². The highest BCUT2D eigenvalue weighted by atomic mass is 32.1. The van der Waals surface area contributed by atoms with E-state index in [0.29, 0.717) is 12.6 Å². The van der Waals surface area contributed by atoms with Gasteiger partial charge in [0.1, 0.15) is 0 Å². The molecule has 1 heterocycles. The highest BCUT2D eigenvalue weighted by Crippen LogP contribution is 2.26. The number of thiazole rings is 1. The Morgan fingerprint density at radius 2 is 2.32 bits per heavy atom. The normalized spacial score (nSPS) is 16.1. The van der Waals surface area contributed by atoms with E-state index in [1.54, 1.807) is 11.3 Å². The second-order valence-corrected chi connectivity index (χ2v) is 6.09. The summed E-state index contributed by atoms with van der Waals surface area (Å²) in [5.41, 5.74) is 5.36. The van der Waals surface area contributed by atoms with E-state index >= 15 is 0 Å². The van der Waals surface area contributed by atoms with Gasteiger partial charge in [0.05, 0.1) is 6.54 Å². The molecule has 6 heteroatoms. The van der Waals surface area contributed by atoms with Crippen molar-refractivity contribution in [3.63, 3.8) is 0 Å². The number of nitrogens with two attached hydrogens (primary N) is 1. The number of carbonyl (C=O) groups excluding carboxylic acids is 1. The van der Waals surface area contributed by atoms with Gasteiger partial charge >= 0.3 is 0 Å². The SMILES string of the molecule is CCNc1ncc(CN(CC(N)=O)C2CCCC2)s1. The molecule has 1 aromatic rings. The number of aromatic nitrogens is 1. The van der Waals surface area contributed by atoms with Crippen LogP contribution in [0.4, 0.5) is 5.13 Å². The molecule has 0 aromatic carbocycles. The third-order valence-corrected chi connectivity index (χ3v) is 4.38. The van der Waals surface area contributed by atoms with E-state index in [1.807, 2.05) is 6.20 Å². The fraction of sp³-hybridized carbons (Fsp3) is 0.692. The molecule has 0 radical (unpaired) electrons. The van der Waals surface area contributed by atoms with Crippen molar-refractivity contribution in [2.24, 2.45) is 5.73 Å². The van der Waals surface area contributed by atoms with Gasteiger partial charge in [-0.05, 0) is 19.8 Å². The summed E-state index contributed by atoms with van der Waals surface area (Å²) < 4.78 is 0. The predicted molar refractivity (Wildman–Crippen MR) is 78.1 cm³/mol. The largest absolute Gasteiger partial charge is 0.369 e. The molecule has 106 valence electrons. The fourth-order valence-electron chi connectivity index (χ4n) is 2.60. The van der Waals surface area contributed by atoms with Crippen molar-refractivity contribution in [1.82, 2.24) is 9.88 Å². The Labute approximate surface area is 118 Å². The number of primary amides is 1. The van der Waals surface area contributed by atoms with Crippen molar-refractivity contribution in [3.8, 4) is 0 Å². The summed E-state index contributed by atoms with van der Waals surface area (Å²) in [7, 11) is 0. The van der Waals surface area contributed by atoms with Crippen molar-refractivity contribution < 1.29 is 4.79 Å². The number of nitrogens with one attached hydrogen (secondary N) is 1. The van der Waals surface area contributed by atoms with E-state index in [9.17, 15) is 4.79 Å². The zero-order valence-corrected chi connectivity index (χ0v) is 12.2. The molecule has 1 amide bonds. The summed E-state index contributed by atoms with van der Waals surface area (Å²) in [6.45, 7) is 4.05. The van der Waals surface area contributed by atoms with E-state index in [0.717, 1.165) is 18.2 Å². The zero-order chi connectivity index (χ0) is 13.7. The summed E-state index contributed by atoms with van der Waals surface area (Å²) in [5, 5.41) is 4.16. The zero-order valence-electron chi connectivity index (χ0n) is 11.4. The van der Waals surface area contributed by atoms with Crippen LogP contribution >= 0.6 is 11.3 Å². The molecule has 0 saturated heterocycles. The Bertz CT molecular complexity index is 415. The lowest BCUT2D eigenvalue weighted by molar-refractivity contribution is -0.119. The maximum Gasteiger partial charge on any atom is 0.231 e. The highest BCUT2D eigenvalue weighted by molar-refractivity contribution is 7.15. The van der Waals surface area contributed by atoms with Crippen LogP contribution in [0, 0.1) is 0 Å². The predicted octanol–water partition coefficient (Wildman–Crippen LogP) is 1.80. The summed E-state index contributed by atoms with van der Waals surface area (Å²) >= 11 is 1.66. The van der Waals surface area contributed by atoms with E-state index in [2.05, 4.69) is 22.1 Å². The Kier molecular flexibility index (Phi) is 5.15. The first-order chi connectivity index (χ1) is 9.19. The molecule has 1 fully saturated rings. The van der Waals surface area contributed by atoms with E-state index < -0.39 is 0 Å². The second-order valence-electron chi connectivity index (χ2n) is 4.97. The van der Waals surface area contributed by atoms with E-state index in [1.165, 1.54) is 30.6 Å². The summed E-state index contributed by atoms with van der Waals surface area (Å²) in [6, 6.07) is 0.497. The number of nitrogens with zero attached hydrogens (tertiary/aromatic N) is 2. The van der Waals surface area contributed by atoms with Gasteiger partial charge in [-0.25, -0.2) is 4.98 Å². The molecule has 0 aliphatic heterocycles. The van der Waals surface area contributed by atoms with Crippen molar-refractivity contribution in [2.45, 2.75) is 45.2 Å². The minimum atomic E-state index is -0.247. The lowest BCUT2D eigenvalue weighted by Gasteiger charge is -2.26. The maximum absolute atomic E-state index is 11.2. The molecular formula is C13H22N4OS. The molecule has 0 unspecified atom stereocenters. The molecular weight excluding hydrogens is 260 g/mol. The summed E-state index contributed by atoms with van der Waals surface area (Å²) in [4.78, 5) is 18.9. The van der Waals surface area contributed by atoms with E-state index in [-0.39, 0.29) is 5.91 Å². The first-order valence-electron chi connectivity index (χ1n) is 6.90. The van der Waals surface area contributed by atoms with Crippen LogP contribution in [0.15, 0.2) is 6.20 Å². The topological polar surface area (TPSA) is 71.2 Å². The third kappa shape index (κ3) is 4.18. The summed E-state index contributed by atoms with van der Waals surface area (Å²) in [6.07, 6.45) is 6.75. The molecule has 1 aliphatic rings. The van der Waals surface area contributed by atoms with Gasteiger partial charge in [0, 0.05) is 30.2 Å². The molecule has 1 saturated carbocycles. The van der Waals surface area contributed by atoms with Gasteiger partial charge in [-0.1, -0.05) is 12.8 Å². The monoisotopic (exact) mass is 282 g/mol. The molecule has 5 nitrogen and oxygen atoms in total. The standard InChI is InChI=1S/C13H22N4OS/c1-2-15-13-16-7-11(19-13)8-17(9-12(14)18)10-5-3-4-6-10/h7,10H,2-6,8-9H2,1H3,(H2,14,18)(H,15,16). The van der Waals surface area contributed by atoms with Gasteiger partial charge in [0.2, 0.25) is 5.91 Å². The number of rotatable bonds is 7. The van der Waals surface area contributed by atoms with Crippen molar-refractivity contribution in [2.75, 3.05) is 18.4 Å². The van der Waals surface area contributed by atoms with Crippen LogP contribution in [0.1, 0.15) is 37.5 Å². The molecule has 0 bridgehead atoms. The van der Waals surface area contributed by atoms with Crippen LogP contribution in [-0.4, -0.2) is 34.9 Å². The van der Waals surface area contributed by atoms with Crippen LogP contribution < -0.4 is 11.1 Å². The van der Waals surface area contributed by atoms with E-state index in [4.69, 9.17) is 5.73 Å². The lowest BCUT2D eigenvalue weighted by Crippen LogP contribution is -2.39. The van der Waals surface area contributed by atoms with Gasteiger partial charge < -0.3 is 11.1 Å². The quantitative estimate of drug-likeness (QED) is 0.800. The smallest absolute Gasteiger partial charge is 0.231 e. The summed E-state index contributed by atoms with van der Waals surface area (Å²) in [5.74, 6) is -0.247. The molecule has 1 aromatic heterocycles. The molecule has 1 aliphatic carbocycles. The minimum Gasteiger partial charge on any atom is -0.369 e. The number of amides is 1. The molecule has 3 N–H and O–H groups in total. The van der Waals surface area contributed by atoms with Gasteiger partial charge in [-0.3, -0.25) is 9.69 Å². The Hall–Kier alpha value is -1.14. The highest BCUT2D eigenvalue weighted by Gasteiger charge is 2.24. The van der Waals surface area contributed by atoms with Crippen LogP contribution in [0.25, 0.3) is 0 Å². The van der Waals surface area contributed by atoms with Gasteiger partial charge in [0.25, 0.3) is 0 Å². The average Bonchev–Trinajstić information content (AvgIpc) is 2.99. The average molecular weight is 282 g/mol. The first kappa shape index (κ1) is 14.3. The number of hydrogen-bond donors (Lipinski definition) is 2. The first-order valence-corrected chi connectivity index (χ1v) is 7.71. The van der Waals surface area contributed by atoms with Crippen molar-refractivity contribution in [3.05, 3.63) is 11.1 Å². The van der Waals surface area contributed by atoms with Crippen LogP contribution in [0.2, 0.25) is 0 Å². The van der Waals surface area contributed by atoms with Gasteiger partial charge in [0.15, 0.2) is 5.13 Å². The fourth-order valence-corrected chi connectivity index (χ4v) is 3.50. The lowest BCUT2D eigenvalue weighted by atomic mass is 10.2. The van der Waals surface area contributed by atoms with Gasteiger partial charge in [-0.15, -0.1) is 11.3 Å². The molecule has 2 rings (SSSR count). The Morgan fingerprint density at radius 1 is 1.58 bits per heavy atom. The third-order valence-electron chi connectivity index (χ3n) is 3.44. The number of carbonyl (C=O) groups is 1. The second kappa shape index (κ2) is 6.86.